The van der Waals surface area contributed by atoms with E-state index in [1.54, 1.807) is 0 Å². The van der Waals surface area contributed by atoms with Crippen LogP contribution in [0.15, 0.2) is 21.9 Å². The molecule has 1 aliphatic rings. The van der Waals surface area contributed by atoms with Gasteiger partial charge in [0.1, 0.15) is 6.61 Å². The summed E-state index contributed by atoms with van der Waals surface area (Å²) >= 11 is 0. The van der Waals surface area contributed by atoms with Crippen LogP contribution in [0.1, 0.15) is 32.6 Å². The Morgan fingerprint density at radius 3 is 2.72 bits per heavy atom. The smallest absolute Gasteiger partial charge is 0.328 e. The highest BCUT2D eigenvalue weighted by Crippen LogP contribution is 2.35. The van der Waals surface area contributed by atoms with Crippen molar-refractivity contribution in [2.24, 2.45) is 5.41 Å². The number of aryl methyl sites for hydroxylation is 1. The van der Waals surface area contributed by atoms with Crippen LogP contribution in [0.25, 0.3) is 0 Å². The van der Waals surface area contributed by atoms with E-state index in [2.05, 4.69) is 4.98 Å². The fraction of sp³-hybridized carbons (Fsp3) is 0.706. The topological polar surface area (TPSA) is 99.6 Å². The van der Waals surface area contributed by atoms with E-state index in [1.807, 2.05) is 6.92 Å². The first-order chi connectivity index (χ1) is 12.0. The molecular formula is C17H26N2O6. The van der Waals surface area contributed by atoms with Gasteiger partial charge in [0, 0.05) is 39.1 Å². The number of aromatic amines is 1. The molecule has 8 nitrogen and oxygen atoms in total. The number of nitrogens with zero attached hydrogens (tertiary/aromatic N) is 1. The second kappa shape index (κ2) is 8.96. The number of esters is 1. The molecule has 2 rings (SSSR count). The van der Waals surface area contributed by atoms with Crippen molar-refractivity contribution >= 4 is 5.97 Å². The zero-order chi connectivity index (χ0) is 18.3. The van der Waals surface area contributed by atoms with Gasteiger partial charge in [0.15, 0.2) is 0 Å². The molecule has 1 saturated heterocycles. The summed E-state index contributed by atoms with van der Waals surface area (Å²) in [4.78, 5) is 37.4. The minimum atomic E-state index is -0.466. The van der Waals surface area contributed by atoms with Crippen LogP contribution in [-0.2, 0) is 25.5 Å². The molecule has 0 amide bonds. The lowest BCUT2D eigenvalue weighted by atomic mass is 9.78. The van der Waals surface area contributed by atoms with Crippen LogP contribution in [-0.4, -0.2) is 48.6 Å². The monoisotopic (exact) mass is 354 g/mol. The van der Waals surface area contributed by atoms with Crippen molar-refractivity contribution in [1.82, 2.24) is 9.55 Å². The molecule has 0 aromatic carbocycles. The highest BCUT2D eigenvalue weighted by molar-refractivity contribution is 5.77. The third-order valence-electron chi connectivity index (χ3n) is 4.88. The van der Waals surface area contributed by atoms with Crippen LogP contribution in [0.5, 0.6) is 0 Å². The molecule has 1 fully saturated rings. The molecular weight excluding hydrogens is 328 g/mol. The van der Waals surface area contributed by atoms with E-state index >= 15 is 0 Å². The average molecular weight is 354 g/mol. The summed E-state index contributed by atoms with van der Waals surface area (Å²) in [7, 11) is 1.54. The summed E-state index contributed by atoms with van der Waals surface area (Å²) in [5.74, 6) is -0.207. The summed E-state index contributed by atoms with van der Waals surface area (Å²) in [5.41, 5.74) is -1.36. The Kier molecular flexibility index (Phi) is 6.95. The van der Waals surface area contributed by atoms with Gasteiger partial charge >= 0.3 is 11.7 Å². The van der Waals surface area contributed by atoms with Crippen molar-refractivity contribution < 1.29 is 19.0 Å². The Hall–Kier alpha value is -1.93. The molecule has 1 unspecified atom stereocenters. The van der Waals surface area contributed by atoms with Crippen LogP contribution in [0, 0.1) is 5.41 Å². The van der Waals surface area contributed by atoms with Crippen molar-refractivity contribution in [3.05, 3.63) is 33.1 Å². The van der Waals surface area contributed by atoms with Gasteiger partial charge in [0.2, 0.25) is 0 Å². The average Bonchev–Trinajstić information content (AvgIpc) is 2.63. The Morgan fingerprint density at radius 1 is 1.40 bits per heavy atom. The van der Waals surface area contributed by atoms with Gasteiger partial charge in [-0.3, -0.25) is 14.6 Å². The van der Waals surface area contributed by atoms with Crippen molar-refractivity contribution in [2.75, 3.05) is 26.9 Å². The lowest BCUT2D eigenvalue weighted by Gasteiger charge is -2.34. The zero-order valence-electron chi connectivity index (χ0n) is 14.8. The summed E-state index contributed by atoms with van der Waals surface area (Å²) in [6, 6.07) is 1.29. The predicted octanol–water partition coefficient (Wildman–Crippen LogP) is 0.692. The van der Waals surface area contributed by atoms with E-state index in [9.17, 15) is 14.4 Å². The van der Waals surface area contributed by atoms with Gasteiger partial charge in [-0.05, 0) is 25.7 Å². The molecule has 1 aliphatic heterocycles. The van der Waals surface area contributed by atoms with Crippen molar-refractivity contribution in [3.63, 3.8) is 0 Å². The van der Waals surface area contributed by atoms with Gasteiger partial charge in [-0.15, -0.1) is 0 Å². The maximum atomic E-state index is 12.5. The third-order valence-corrected chi connectivity index (χ3v) is 4.88. The van der Waals surface area contributed by atoms with E-state index in [1.165, 1.54) is 23.9 Å². The second-order valence-corrected chi connectivity index (χ2v) is 6.29. The highest BCUT2D eigenvalue weighted by atomic mass is 16.6. The van der Waals surface area contributed by atoms with Crippen LogP contribution >= 0.6 is 0 Å². The molecule has 1 N–H and O–H groups in total. The van der Waals surface area contributed by atoms with E-state index < -0.39 is 16.7 Å². The van der Waals surface area contributed by atoms with Crippen LogP contribution in [0.3, 0.4) is 0 Å². The molecule has 140 valence electrons. The maximum Gasteiger partial charge on any atom is 0.328 e. The summed E-state index contributed by atoms with van der Waals surface area (Å²) < 4.78 is 17.6. The molecule has 0 saturated carbocycles. The number of carbonyl (C=O) groups is 1. The van der Waals surface area contributed by atoms with Crippen molar-refractivity contribution in [3.8, 4) is 0 Å². The van der Waals surface area contributed by atoms with Gasteiger partial charge in [-0.1, -0.05) is 6.92 Å². The molecule has 0 aliphatic carbocycles. The summed E-state index contributed by atoms with van der Waals surface area (Å²) in [6.07, 6.45) is 3.67. The molecule has 0 radical (unpaired) electrons. The number of methoxy groups -OCH3 is 1. The predicted molar refractivity (Wildman–Crippen MR) is 90.5 cm³/mol. The standard InChI is InChI=1S/C17H26N2O6/c1-3-17(6-10-24-11-7-17)15(21)25-12-13(23-2)4-8-19-9-5-14(20)18-16(19)22/h5,9,13H,3-4,6-8,10-12H2,1-2H3,(H,18,20,22). The van der Waals surface area contributed by atoms with E-state index in [-0.39, 0.29) is 18.7 Å². The van der Waals surface area contributed by atoms with Gasteiger partial charge in [0.25, 0.3) is 5.56 Å². The molecule has 0 spiro atoms. The number of hydrogen-bond donors (Lipinski definition) is 1. The molecule has 1 atom stereocenters. The number of rotatable bonds is 8. The van der Waals surface area contributed by atoms with Crippen molar-refractivity contribution in [1.29, 1.82) is 0 Å². The lowest BCUT2D eigenvalue weighted by Crippen LogP contribution is -2.39. The minimum absolute atomic E-state index is 0.135. The highest BCUT2D eigenvalue weighted by Gasteiger charge is 2.40. The maximum absolute atomic E-state index is 12.5. The molecule has 0 bridgehead atoms. The number of H-pyrrole nitrogens is 1. The first-order valence-electron chi connectivity index (χ1n) is 8.58. The largest absolute Gasteiger partial charge is 0.462 e. The Labute approximate surface area is 146 Å². The third kappa shape index (κ3) is 5.02. The first kappa shape index (κ1) is 19.4. The van der Waals surface area contributed by atoms with Crippen molar-refractivity contribution in [2.45, 2.75) is 45.3 Å². The minimum Gasteiger partial charge on any atom is -0.462 e. The van der Waals surface area contributed by atoms with Crippen LogP contribution in [0.4, 0.5) is 0 Å². The first-order valence-corrected chi connectivity index (χ1v) is 8.58. The molecule has 8 heteroatoms. The number of ether oxygens (including phenoxy) is 3. The number of nitrogens with one attached hydrogen (secondary N) is 1. The molecule has 2 heterocycles. The normalized spacial score (nSPS) is 17.8. The summed E-state index contributed by atoms with van der Waals surface area (Å²) in [5, 5.41) is 0. The molecule has 1 aromatic heterocycles. The summed E-state index contributed by atoms with van der Waals surface area (Å²) in [6.45, 7) is 3.63. The lowest BCUT2D eigenvalue weighted by molar-refractivity contribution is -0.166. The van der Waals surface area contributed by atoms with E-state index in [0.717, 1.165) is 6.42 Å². The molecule has 25 heavy (non-hydrogen) atoms. The molecule has 1 aromatic rings. The fourth-order valence-corrected chi connectivity index (χ4v) is 2.96. The van der Waals surface area contributed by atoms with Gasteiger partial charge in [-0.25, -0.2) is 4.79 Å². The number of carbonyl (C=O) groups excluding carboxylic acids is 1. The SMILES string of the molecule is CCC1(C(=O)OCC(CCn2ccc(=O)[nH]c2=O)OC)CCOCC1. The van der Waals surface area contributed by atoms with E-state index in [4.69, 9.17) is 14.2 Å². The quantitative estimate of drug-likeness (QED) is 0.690. The van der Waals surface area contributed by atoms with Gasteiger partial charge < -0.3 is 18.8 Å². The Balaban J connectivity index is 1.87. The Morgan fingerprint density at radius 2 is 2.12 bits per heavy atom. The number of hydrogen-bond acceptors (Lipinski definition) is 6. The van der Waals surface area contributed by atoms with Gasteiger partial charge in [0.05, 0.1) is 11.5 Å². The van der Waals surface area contributed by atoms with Crippen LogP contribution < -0.4 is 11.2 Å². The van der Waals surface area contributed by atoms with E-state index in [0.29, 0.717) is 39.0 Å². The Bertz CT molecular complexity index is 674. The second-order valence-electron chi connectivity index (χ2n) is 6.29. The van der Waals surface area contributed by atoms with Gasteiger partial charge in [-0.2, -0.15) is 0 Å². The zero-order valence-corrected chi connectivity index (χ0v) is 14.8. The van der Waals surface area contributed by atoms with Crippen LogP contribution in [0.2, 0.25) is 0 Å². The number of aromatic nitrogens is 2. The fourth-order valence-electron chi connectivity index (χ4n) is 2.96.